The van der Waals surface area contributed by atoms with Crippen molar-refractivity contribution in [3.8, 4) is 0 Å². The lowest BCUT2D eigenvalue weighted by atomic mass is 10.1. The minimum absolute atomic E-state index is 0.101. The van der Waals surface area contributed by atoms with Crippen molar-refractivity contribution in [2.24, 2.45) is 0 Å². The van der Waals surface area contributed by atoms with Gasteiger partial charge in [0.25, 0.3) is 0 Å². The van der Waals surface area contributed by atoms with Gasteiger partial charge in [-0.25, -0.2) is 0 Å². The van der Waals surface area contributed by atoms with Crippen LogP contribution in [0.1, 0.15) is 25.5 Å². The van der Waals surface area contributed by atoms with E-state index in [0.29, 0.717) is 0 Å². The highest BCUT2D eigenvalue weighted by Gasteiger charge is 2.20. The first-order chi connectivity index (χ1) is 7.57. The predicted molar refractivity (Wildman–Crippen MR) is 66.1 cm³/mol. The Morgan fingerprint density at radius 2 is 1.81 bits per heavy atom. The first kappa shape index (κ1) is 12.7. The molecule has 0 saturated heterocycles. The number of hydrogen-bond donors (Lipinski definition) is 1. The molecule has 1 N–H and O–H groups in total. The van der Waals surface area contributed by atoms with Gasteiger partial charge < -0.3 is 10.2 Å². The van der Waals surface area contributed by atoms with Gasteiger partial charge in [0.1, 0.15) is 0 Å². The smallest absolute Gasteiger partial charge is 0.239 e. The van der Waals surface area contributed by atoms with Crippen LogP contribution < -0.4 is 5.32 Å². The summed E-state index contributed by atoms with van der Waals surface area (Å²) in [5.41, 5.74) is 1.15. The third-order valence-electron chi connectivity index (χ3n) is 3.01. The number of carbonyl (C=O) groups is 1. The summed E-state index contributed by atoms with van der Waals surface area (Å²) in [5.74, 6) is 0.110. The second-order valence-corrected chi connectivity index (χ2v) is 4.05. The summed E-state index contributed by atoms with van der Waals surface area (Å²) in [7, 11) is 3.64. The van der Waals surface area contributed by atoms with Crippen LogP contribution in [-0.4, -0.2) is 30.9 Å². The van der Waals surface area contributed by atoms with Crippen LogP contribution in [0, 0.1) is 0 Å². The minimum atomic E-state index is -0.142. The predicted octanol–water partition coefficient (Wildman–Crippen LogP) is 1.81. The highest BCUT2D eigenvalue weighted by Crippen LogP contribution is 2.18. The van der Waals surface area contributed by atoms with E-state index in [1.165, 1.54) is 0 Å². The Labute approximate surface area is 97.5 Å². The first-order valence-electron chi connectivity index (χ1n) is 5.56. The van der Waals surface area contributed by atoms with Crippen molar-refractivity contribution in [2.75, 3.05) is 14.1 Å². The van der Waals surface area contributed by atoms with Gasteiger partial charge in [0.2, 0.25) is 5.91 Å². The summed E-state index contributed by atoms with van der Waals surface area (Å²) in [6.07, 6.45) is 0. The summed E-state index contributed by atoms with van der Waals surface area (Å²) in [4.78, 5) is 13.7. The van der Waals surface area contributed by atoms with Gasteiger partial charge in [-0.3, -0.25) is 4.79 Å². The lowest BCUT2D eigenvalue weighted by molar-refractivity contribution is -0.133. The van der Waals surface area contributed by atoms with Gasteiger partial charge in [-0.05, 0) is 26.5 Å². The molecule has 3 heteroatoms. The van der Waals surface area contributed by atoms with Crippen LogP contribution in [-0.2, 0) is 4.79 Å². The van der Waals surface area contributed by atoms with E-state index in [4.69, 9.17) is 0 Å². The summed E-state index contributed by atoms with van der Waals surface area (Å²) >= 11 is 0. The number of benzene rings is 1. The number of likely N-dealkylation sites (N-methyl/N-ethyl adjacent to an activating group) is 2. The molecule has 0 aliphatic carbocycles. The minimum Gasteiger partial charge on any atom is -0.338 e. The topological polar surface area (TPSA) is 32.3 Å². The Balaban J connectivity index is 2.75. The van der Waals surface area contributed by atoms with Crippen LogP contribution >= 0.6 is 0 Å². The average molecular weight is 220 g/mol. The monoisotopic (exact) mass is 220 g/mol. The molecule has 0 spiro atoms. The van der Waals surface area contributed by atoms with Crippen molar-refractivity contribution in [3.63, 3.8) is 0 Å². The van der Waals surface area contributed by atoms with Crippen LogP contribution in [0.5, 0.6) is 0 Å². The molecule has 2 unspecified atom stereocenters. The number of rotatable bonds is 4. The van der Waals surface area contributed by atoms with E-state index < -0.39 is 0 Å². The third kappa shape index (κ3) is 2.83. The van der Waals surface area contributed by atoms with Crippen molar-refractivity contribution in [1.82, 2.24) is 10.2 Å². The van der Waals surface area contributed by atoms with Crippen molar-refractivity contribution in [2.45, 2.75) is 25.9 Å². The van der Waals surface area contributed by atoms with Crippen LogP contribution in [0.2, 0.25) is 0 Å². The van der Waals surface area contributed by atoms with Crippen molar-refractivity contribution in [3.05, 3.63) is 35.9 Å². The second kappa shape index (κ2) is 5.66. The fourth-order valence-corrected chi connectivity index (χ4v) is 1.57. The summed E-state index contributed by atoms with van der Waals surface area (Å²) in [5, 5.41) is 2.96. The molecule has 16 heavy (non-hydrogen) atoms. The van der Waals surface area contributed by atoms with Gasteiger partial charge in [0.15, 0.2) is 0 Å². The van der Waals surface area contributed by atoms with Crippen molar-refractivity contribution in [1.29, 1.82) is 0 Å². The molecule has 0 aliphatic rings. The van der Waals surface area contributed by atoms with Crippen LogP contribution in [0.25, 0.3) is 0 Å². The zero-order valence-corrected chi connectivity index (χ0v) is 10.4. The van der Waals surface area contributed by atoms with Crippen LogP contribution in [0.15, 0.2) is 30.3 Å². The fourth-order valence-electron chi connectivity index (χ4n) is 1.57. The maximum atomic E-state index is 12.0. The third-order valence-corrected chi connectivity index (χ3v) is 3.01. The number of carbonyl (C=O) groups excluding carboxylic acids is 1. The molecule has 0 bridgehead atoms. The molecule has 3 nitrogen and oxygen atoms in total. The quantitative estimate of drug-likeness (QED) is 0.839. The molecule has 0 aromatic heterocycles. The van der Waals surface area contributed by atoms with E-state index in [0.717, 1.165) is 5.56 Å². The van der Waals surface area contributed by atoms with Crippen LogP contribution in [0.3, 0.4) is 0 Å². The maximum absolute atomic E-state index is 12.0. The molecular formula is C13H20N2O. The lowest BCUT2D eigenvalue weighted by Gasteiger charge is -2.27. The Hall–Kier alpha value is -1.35. The van der Waals surface area contributed by atoms with E-state index in [-0.39, 0.29) is 18.0 Å². The fraction of sp³-hybridized carbons (Fsp3) is 0.462. The second-order valence-electron chi connectivity index (χ2n) is 4.05. The standard InChI is InChI=1S/C13H20N2O/c1-10(14-3)13(16)15(4)11(2)12-8-6-5-7-9-12/h5-11,14H,1-4H3. The molecule has 88 valence electrons. The Kier molecular flexibility index (Phi) is 4.50. The van der Waals surface area contributed by atoms with Gasteiger partial charge in [-0.1, -0.05) is 30.3 Å². The van der Waals surface area contributed by atoms with E-state index in [1.54, 1.807) is 11.9 Å². The number of nitrogens with one attached hydrogen (secondary N) is 1. The van der Waals surface area contributed by atoms with Crippen molar-refractivity contribution < 1.29 is 4.79 Å². The number of amides is 1. The average Bonchev–Trinajstić information content (AvgIpc) is 2.36. The highest BCUT2D eigenvalue weighted by atomic mass is 16.2. The van der Waals surface area contributed by atoms with Crippen molar-refractivity contribution >= 4 is 5.91 Å². The van der Waals surface area contributed by atoms with Gasteiger partial charge >= 0.3 is 0 Å². The highest BCUT2D eigenvalue weighted by molar-refractivity contribution is 5.81. The molecule has 0 fully saturated rings. The van der Waals surface area contributed by atoms with Gasteiger partial charge in [0, 0.05) is 7.05 Å². The molecule has 0 aliphatic heterocycles. The molecule has 0 saturated carbocycles. The SMILES string of the molecule is CNC(C)C(=O)N(C)C(C)c1ccccc1. The lowest BCUT2D eigenvalue weighted by Crippen LogP contribution is -2.42. The molecule has 0 heterocycles. The summed E-state index contributed by atoms with van der Waals surface area (Å²) < 4.78 is 0. The molecule has 2 atom stereocenters. The van der Waals surface area contributed by atoms with Gasteiger partial charge in [0.05, 0.1) is 12.1 Å². The van der Waals surface area contributed by atoms with E-state index in [1.807, 2.05) is 51.2 Å². The Bertz CT molecular complexity index is 337. The molecule has 1 aromatic carbocycles. The Morgan fingerprint density at radius 1 is 1.25 bits per heavy atom. The maximum Gasteiger partial charge on any atom is 0.239 e. The zero-order chi connectivity index (χ0) is 12.1. The largest absolute Gasteiger partial charge is 0.338 e. The van der Waals surface area contributed by atoms with E-state index >= 15 is 0 Å². The van der Waals surface area contributed by atoms with Crippen LogP contribution in [0.4, 0.5) is 0 Å². The molecule has 1 aromatic rings. The molecule has 1 amide bonds. The molecular weight excluding hydrogens is 200 g/mol. The van der Waals surface area contributed by atoms with Gasteiger partial charge in [-0.15, -0.1) is 0 Å². The van der Waals surface area contributed by atoms with E-state index in [9.17, 15) is 4.79 Å². The zero-order valence-electron chi connectivity index (χ0n) is 10.4. The molecule has 1 rings (SSSR count). The molecule has 0 radical (unpaired) electrons. The Morgan fingerprint density at radius 3 is 2.31 bits per heavy atom. The normalized spacial score (nSPS) is 14.2. The first-order valence-corrected chi connectivity index (χ1v) is 5.56. The van der Waals surface area contributed by atoms with Gasteiger partial charge in [-0.2, -0.15) is 0 Å². The summed E-state index contributed by atoms with van der Waals surface area (Å²) in [6, 6.07) is 10.0. The van der Waals surface area contributed by atoms with E-state index in [2.05, 4.69) is 5.32 Å². The summed E-state index contributed by atoms with van der Waals surface area (Å²) in [6.45, 7) is 3.91. The number of nitrogens with zero attached hydrogens (tertiary/aromatic N) is 1. The number of hydrogen-bond acceptors (Lipinski definition) is 2.